The number of fused-ring (bicyclic) bond motifs is 9. The largest absolute Gasteiger partial charge is 0.354 e. The molecule has 0 amide bonds. The lowest BCUT2D eigenvalue weighted by molar-refractivity contribution is 0.381. The van der Waals surface area contributed by atoms with Crippen molar-refractivity contribution >= 4 is 45.3 Å². The Kier molecular flexibility index (Phi) is 6.35. The van der Waals surface area contributed by atoms with Crippen LogP contribution < -0.4 is 0 Å². The lowest BCUT2D eigenvalue weighted by Gasteiger charge is -2.09. The van der Waals surface area contributed by atoms with Crippen molar-refractivity contribution in [2.45, 2.75) is 0 Å². The van der Waals surface area contributed by atoms with Crippen molar-refractivity contribution in [3.05, 3.63) is 138 Å². The van der Waals surface area contributed by atoms with Gasteiger partial charge >= 0.3 is 0 Å². The summed E-state index contributed by atoms with van der Waals surface area (Å²) in [4.78, 5) is 14.8. The highest BCUT2D eigenvalue weighted by molar-refractivity contribution is 6.00. The van der Waals surface area contributed by atoms with Crippen LogP contribution in [0.25, 0.3) is 78.6 Å². The minimum atomic E-state index is -2.23. The molecule has 46 heavy (non-hydrogen) atoms. The van der Waals surface area contributed by atoms with Gasteiger partial charge in [-0.05, 0) is 59.7 Å². The van der Waals surface area contributed by atoms with E-state index in [-0.39, 0.29) is 16.6 Å². The zero-order valence-corrected chi connectivity index (χ0v) is 23.7. The lowest BCUT2D eigenvalue weighted by Crippen LogP contribution is -2.04. The van der Waals surface area contributed by atoms with Gasteiger partial charge in [-0.25, -0.2) is 26.9 Å². The SMILES string of the molecule is Fc1c(F)c(F)c(-c2c3ccc([nH]3)c(-c3ccccc3)c3nc(c4ccc([nH]4)c(-c4ccccc4)c4ccc2[nH]4)C=C3)c(F)c1F. The van der Waals surface area contributed by atoms with E-state index in [1.54, 1.807) is 24.3 Å². The zero-order chi connectivity index (χ0) is 31.5. The van der Waals surface area contributed by atoms with E-state index in [0.29, 0.717) is 28.0 Å². The molecule has 0 saturated heterocycles. The Morgan fingerprint density at radius 3 is 1.28 bits per heavy atom. The highest BCUT2D eigenvalue weighted by Gasteiger charge is 2.28. The third kappa shape index (κ3) is 4.31. The molecule has 9 heteroatoms. The van der Waals surface area contributed by atoms with E-state index >= 15 is 8.78 Å². The standard InChI is InChI=1S/C37H21F5N4/c38-33-32(34(39)36(41)37(42)35(33)40)31-27-17-15-25(45-27)29(19-7-3-1-4-8-19)23-13-11-21(43-23)22-12-14-24(44-22)30(20-9-5-2-6-10-20)26-16-18-28(31)46-26/h1-18,43,45-46H. The van der Waals surface area contributed by atoms with Gasteiger partial charge in [0.1, 0.15) is 0 Å². The number of rotatable bonds is 3. The molecule has 1 aliphatic heterocycles. The molecule has 4 nitrogen and oxygen atoms in total. The predicted octanol–water partition coefficient (Wildman–Crippen LogP) is 10.4. The Balaban J connectivity index is 1.61. The first-order chi connectivity index (χ1) is 22.4. The summed E-state index contributed by atoms with van der Waals surface area (Å²) in [5, 5.41) is 0. The highest BCUT2D eigenvalue weighted by atomic mass is 19.2. The summed E-state index contributed by atoms with van der Waals surface area (Å²) in [5.74, 6) is -10.2. The molecule has 1 aliphatic rings. The monoisotopic (exact) mass is 616 g/mol. The predicted molar refractivity (Wildman–Crippen MR) is 171 cm³/mol. The average molecular weight is 617 g/mol. The van der Waals surface area contributed by atoms with E-state index in [9.17, 15) is 13.2 Å². The fraction of sp³-hybridized carbons (Fsp3) is 0. The lowest BCUT2D eigenvalue weighted by atomic mass is 10.0. The van der Waals surface area contributed by atoms with Gasteiger partial charge in [-0.1, -0.05) is 60.7 Å². The summed E-state index contributed by atoms with van der Waals surface area (Å²) in [6.45, 7) is 0. The topological polar surface area (TPSA) is 60.3 Å². The normalized spacial score (nSPS) is 11.9. The van der Waals surface area contributed by atoms with Crippen LogP contribution in [0.5, 0.6) is 0 Å². The van der Waals surface area contributed by atoms with Crippen LogP contribution in [0.4, 0.5) is 22.0 Å². The van der Waals surface area contributed by atoms with Gasteiger partial charge in [0.2, 0.25) is 5.82 Å². The molecule has 7 aromatic rings. The third-order valence-electron chi connectivity index (χ3n) is 8.16. The summed E-state index contributed by atoms with van der Waals surface area (Å²) in [6, 6.07) is 29.2. The fourth-order valence-electron chi connectivity index (χ4n) is 6.06. The summed E-state index contributed by atoms with van der Waals surface area (Å²) < 4.78 is 74.6. The number of aromatic amines is 3. The second-order valence-electron chi connectivity index (χ2n) is 10.9. The summed E-state index contributed by atoms with van der Waals surface area (Å²) >= 11 is 0. The maximum absolute atomic E-state index is 15.5. The zero-order valence-electron chi connectivity index (χ0n) is 23.7. The van der Waals surface area contributed by atoms with Crippen molar-refractivity contribution in [2.75, 3.05) is 0 Å². The Bertz CT molecular complexity index is 2440. The third-order valence-corrected chi connectivity index (χ3v) is 8.16. The number of nitrogens with one attached hydrogen (secondary N) is 3. The van der Waals surface area contributed by atoms with Gasteiger partial charge in [0.15, 0.2) is 23.3 Å². The van der Waals surface area contributed by atoms with Gasteiger partial charge in [0.25, 0.3) is 0 Å². The van der Waals surface area contributed by atoms with Crippen LogP contribution in [0.15, 0.2) is 97.1 Å². The minimum absolute atomic E-state index is 0.129. The molecule has 8 rings (SSSR count). The molecule has 0 aliphatic carbocycles. The van der Waals surface area contributed by atoms with Crippen LogP contribution in [0.3, 0.4) is 0 Å². The van der Waals surface area contributed by atoms with E-state index in [2.05, 4.69) is 15.0 Å². The molecular weight excluding hydrogens is 595 g/mol. The number of hydrogen-bond acceptors (Lipinski definition) is 1. The number of benzene rings is 3. The van der Waals surface area contributed by atoms with E-state index in [1.807, 2.05) is 84.9 Å². The minimum Gasteiger partial charge on any atom is -0.354 e. The van der Waals surface area contributed by atoms with Gasteiger partial charge in [-0.3, -0.25) is 0 Å². The molecule has 5 heterocycles. The van der Waals surface area contributed by atoms with Gasteiger partial charge < -0.3 is 15.0 Å². The summed E-state index contributed by atoms with van der Waals surface area (Å²) in [7, 11) is 0. The van der Waals surface area contributed by atoms with Gasteiger partial charge in [-0.15, -0.1) is 0 Å². The van der Waals surface area contributed by atoms with Crippen LogP contribution in [0, 0.1) is 29.1 Å². The fourth-order valence-corrected chi connectivity index (χ4v) is 6.06. The van der Waals surface area contributed by atoms with Crippen LogP contribution >= 0.6 is 0 Å². The maximum atomic E-state index is 15.5. The first kappa shape index (κ1) is 27.6. The Morgan fingerprint density at radius 1 is 0.348 bits per heavy atom. The molecule has 0 unspecified atom stereocenters. The smallest absolute Gasteiger partial charge is 0.200 e. The van der Waals surface area contributed by atoms with Gasteiger partial charge in [-0.2, -0.15) is 0 Å². The van der Waals surface area contributed by atoms with Gasteiger partial charge in [0.05, 0.1) is 22.5 Å². The summed E-state index contributed by atoms with van der Waals surface area (Å²) in [6.07, 6.45) is 3.77. The quantitative estimate of drug-likeness (QED) is 0.103. The number of hydrogen-bond donors (Lipinski definition) is 3. The first-order valence-electron chi connectivity index (χ1n) is 14.4. The molecule has 0 spiro atoms. The molecule has 0 fully saturated rings. The van der Waals surface area contributed by atoms with Crippen molar-refractivity contribution in [1.82, 2.24) is 19.9 Å². The molecule has 0 atom stereocenters. The molecule has 8 bridgehead atoms. The van der Waals surface area contributed by atoms with Crippen molar-refractivity contribution in [3.63, 3.8) is 0 Å². The second kappa shape index (κ2) is 10.6. The van der Waals surface area contributed by atoms with E-state index in [1.165, 1.54) is 0 Å². The van der Waals surface area contributed by atoms with Crippen molar-refractivity contribution in [1.29, 1.82) is 0 Å². The number of aromatic nitrogens is 4. The van der Waals surface area contributed by atoms with Crippen LogP contribution in [0.1, 0.15) is 11.4 Å². The number of nitrogens with zero attached hydrogens (tertiary/aromatic N) is 1. The molecule has 4 aromatic heterocycles. The van der Waals surface area contributed by atoms with Gasteiger partial charge in [0, 0.05) is 44.3 Å². The van der Waals surface area contributed by atoms with Crippen LogP contribution in [-0.2, 0) is 0 Å². The van der Waals surface area contributed by atoms with Crippen molar-refractivity contribution < 1.29 is 22.0 Å². The Labute approximate surface area is 257 Å². The van der Waals surface area contributed by atoms with E-state index in [4.69, 9.17) is 4.98 Å². The van der Waals surface area contributed by atoms with Crippen LogP contribution in [0.2, 0.25) is 0 Å². The Morgan fingerprint density at radius 2 is 0.739 bits per heavy atom. The number of H-pyrrole nitrogens is 3. The maximum Gasteiger partial charge on any atom is 0.200 e. The number of halogens is 5. The molecule has 3 aromatic carbocycles. The Hall–Kier alpha value is -5.96. The summed E-state index contributed by atoms with van der Waals surface area (Å²) in [5.41, 5.74) is 5.89. The second-order valence-corrected chi connectivity index (χ2v) is 10.9. The van der Waals surface area contributed by atoms with Crippen molar-refractivity contribution in [2.24, 2.45) is 0 Å². The van der Waals surface area contributed by atoms with Crippen molar-refractivity contribution in [3.8, 4) is 33.4 Å². The van der Waals surface area contributed by atoms with E-state index in [0.717, 1.165) is 27.7 Å². The molecule has 3 N–H and O–H groups in total. The molecule has 0 saturated carbocycles. The molecule has 0 radical (unpaired) electrons. The first-order valence-corrected chi connectivity index (χ1v) is 14.4. The molecule has 224 valence electrons. The van der Waals surface area contributed by atoms with Crippen LogP contribution in [-0.4, -0.2) is 19.9 Å². The molecular formula is C37H21F5N4. The highest BCUT2D eigenvalue weighted by Crippen LogP contribution is 2.39. The average Bonchev–Trinajstić information content (AvgIpc) is 3.91. The van der Waals surface area contributed by atoms with E-state index < -0.39 is 34.6 Å².